The molecule has 0 saturated carbocycles. The number of nitrogens with one attached hydrogen (secondary N) is 3. The van der Waals surface area contributed by atoms with Crippen LogP contribution in [-0.4, -0.2) is 47.7 Å². The highest BCUT2D eigenvalue weighted by Crippen LogP contribution is 2.19. The molecule has 3 rings (SSSR count). The normalized spacial score (nSPS) is 20.4. The van der Waals surface area contributed by atoms with Gasteiger partial charge >= 0.3 is 0 Å². The van der Waals surface area contributed by atoms with Gasteiger partial charge in [0.25, 0.3) is 0 Å². The maximum atomic E-state index is 5.91. The number of aromatic nitrogens is 3. The monoisotopic (exact) mass is 343 g/mol. The first-order valence-electron chi connectivity index (χ1n) is 9.05. The van der Waals surface area contributed by atoms with E-state index in [0.717, 1.165) is 36.7 Å². The third-order valence-corrected chi connectivity index (χ3v) is 4.90. The van der Waals surface area contributed by atoms with Crippen LogP contribution in [0.4, 0.5) is 17.6 Å². The summed E-state index contributed by atoms with van der Waals surface area (Å²) in [4.78, 5) is 16.4. The molecule has 1 aliphatic heterocycles. The standard InChI is InChI=1S/C18H27N7/c1-4-24-7-9-25(10-8-24)12-16-21-17(19)23-18(22-16)20-15-6-5-13(2)11-14(15)3/h5-6,11H,4,7-10,12H2,1-3H3,(H3,19,20,21,22,23)/p+2. The first-order chi connectivity index (χ1) is 12.0. The van der Waals surface area contributed by atoms with Crippen LogP contribution >= 0.6 is 0 Å². The van der Waals surface area contributed by atoms with E-state index in [1.807, 2.05) is 6.07 Å². The molecule has 25 heavy (non-hydrogen) atoms. The van der Waals surface area contributed by atoms with Crippen molar-refractivity contribution >= 4 is 17.6 Å². The molecule has 0 aliphatic carbocycles. The van der Waals surface area contributed by atoms with Gasteiger partial charge in [-0.1, -0.05) is 17.7 Å². The van der Waals surface area contributed by atoms with E-state index >= 15 is 0 Å². The molecule has 0 spiro atoms. The molecule has 0 radical (unpaired) electrons. The van der Waals surface area contributed by atoms with Gasteiger partial charge in [0, 0.05) is 5.69 Å². The number of rotatable bonds is 5. The van der Waals surface area contributed by atoms with Crippen LogP contribution in [0.3, 0.4) is 0 Å². The topological polar surface area (TPSA) is 85.6 Å². The zero-order valence-electron chi connectivity index (χ0n) is 15.4. The van der Waals surface area contributed by atoms with Gasteiger partial charge in [0.2, 0.25) is 11.9 Å². The van der Waals surface area contributed by atoms with E-state index in [4.69, 9.17) is 5.73 Å². The Bertz CT molecular complexity index is 723. The minimum Gasteiger partial charge on any atom is -0.368 e. The van der Waals surface area contributed by atoms with E-state index in [1.54, 1.807) is 4.90 Å². The Balaban J connectivity index is 1.70. The summed E-state index contributed by atoms with van der Waals surface area (Å²) in [6.45, 7) is 13.1. The Labute approximate surface area is 149 Å². The van der Waals surface area contributed by atoms with Gasteiger partial charge in [-0.3, -0.25) is 0 Å². The minimum atomic E-state index is 0.273. The highest BCUT2D eigenvalue weighted by molar-refractivity contribution is 5.59. The summed E-state index contributed by atoms with van der Waals surface area (Å²) in [7, 11) is 0. The van der Waals surface area contributed by atoms with Crippen LogP contribution in [0.15, 0.2) is 18.2 Å². The molecule has 134 valence electrons. The quantitative estimate of drug-likeness (QED) is 0.566. The van der Waals surface area contributed by atoms with E-state index in [-0.39, 0.29) is 5.95 Å². The lowest BCUT2D eigenvalue weighted by molar-refractivity contribution is -1.02. The second-order valence-electron chi connectivity index (χ2n) is 6.91. The lowest BCUT2D eigenvalue weighted by Crippen LogP contribution is -3.27. The molecule has 5 N–H and O–H groups in total. The van der Waals surface area contributed by atoms with Crippen molar-refractivity contribution in [1.29, 1.82) is 0 Å². The molecule has 0 bridgehead atoms. The van der Waals surface area contributed by atoms with Crippen molar-refractivity contribution < 1.29 is 9.80 Å². The van der Waals surface area contributed by atoms with Crippen LogP contribution in [0.1, 0.15) is 23.9 Å². The van der Waals surface area contributed by atoms with E-state index in [0.29, 0.717) is 5.95 Å². The number of anilines is 3. The first kappa shape index (κ1) is 17.6. The molecular formula is C18H29N7+2. The zero-order valence-corrected chi connectivity index (χ0v) is 15.4. The van der Waals surface area contributed by atoms with Crippen LogP contribution < -0.4 is 20.9 Å². The summed E-state index contributed by atoms with van der Waals surface area (Å²) in [6.07, 6.45) is 0. The van der Waals surface area contributed by atoms with Crippen LogP contribution in [0.25, 0.3) is 0 Å². The Morgan fingerprint density at radius 2 is 1.76 bits per heavy atom. The number of likely N-dealkylation sites (N-methyl/N-ethyl adjacent to an activating group) is 1. The average Bonchev–Trinajstić information content (AvgIpc) is 2.58. The number of nitrogen functional groups attached to an aromatic ring is 1. The maximum absolute atomic E-state index is 5.91. The number of hydrogen-bond donors (Lipinski definition) is 4. The summed E-state index contributed by atoms with van der Waals surface area (Å²) in [5.74, 6) is 1.55. The van der Waals surface area contributed by atoms with Crippen LogP contribution in [0.5, 0.6) is 0 Å². The molecule has 0 atom stereocenters. The van der Waals surface area contributed by atoms with E-state index in [2.05, 4.69) is 53.2 Å². The summed E-state index contributed by atoms with van der Waals surface area (Å²) in [5, 5.41) is 3.28. The number of nitrogens with two attached hydrogens (primary N) is 1. The van der Waals surface area contributed by atoms with Gasteiger partial charge in [-0.15, -0.1) is 0 Å². The average molecular weight is 343 g/mol. The fourth-order valence-electron chi connectivity index (χ4n) is 3.36. The van der Waals surface area contributed by atoms with Crippen LogP contribution in [0, 0.1) is 13.8 Å². The van der Waals surface area contributed by atoms with Crippen molar-refractivity contribution in [3.05, 3.63) is 35.2 Å². The van der Waals surface area contributed by atoms with E-state index < -0.39 is 0 Å². The molecule has 1 aliphatic rings. The van der Waals surface area contributed by atoms with Gasteiger partial charge in [0.05, 0.1) is 6.54 Å². The van der Waals surface area contributed by atoms with Crippen molar-refractivity contribution in [3.8, 4) is 0 Å². The number of aryl methyl sites for hydroxylation is 2. The minimum absolute atomic E-state index is 0.273. The Hall–Kier alpha value is -2.25. The van der Waals surface area contributed by atoms with E-state index in [1.165, 1.54) is 30.1 Å². The second-order valence-corrected chi connectivity index (χ2v) is 6.91. The molecule has 1 fully saturated rings. The molecule has 1 aromatic carbocycles. The second kappa shape index (κ2) is 7.76. The molecule has 2 heterocycles. The summed E-state index contributed by atoms with van der Waals surface area (Å²) >= 11 is 0. The van der Waals surface area contributed by atoms with Gasteiger partial charge in [-0.05, 0) is 32.4 Å². The third kappa shape index (κ3) is 4.64. The molecule has 7 heteroatoms. The number of hydrogen-bond acceptors (Lipinski definition) is 5. The van der Waals surface area contributed by atoms with Crippen molar-refractivity contribution in [3.63, 3.8) is 0 Å². The summed E-state index contributed by atoms with van der Waals surface area (Å²) in [6, 6.07) is 6.25. The van der Waals surface area contributed by atoms with Gasteiger partial charge in [-0.2, -0.15) is 15.0 Å². The summed E-state index contributed by atoms with van der Waals surface area (Å²) in [5.41, 5.74) is 9.29. The highest BCUT2D eigenvalue weighted by Gasteiger charge is 2.23. The summed E-state index contributed by atoms with van der Waals surface area (Å²) < 4.78 is 0. The third-order valence-electron chi connectivity index (χ3n) is 4.90. The fourth-order valence-corrected chi connectivity index (χ4v) is 3.36. The SMILES string of the molecule is CC[NH+]1CC[NH+](Cc2nc(N)nc(Nc3ccc(C)cc3C)n2)CC1. The van der Waals surface area contributed by atoms with Gasteiger partial charge < -0.3 is 20.9 Å². The van der Waals surface area contributed by atoms with Crippen molar-refractivity contribution in [1.82, 2.24) is 15.0 Å². The van der Waals surface area contributed by atoms with Crippen LogP contribution in [0.2, 0.25) is 0 Å². The number of nitrogens with zero attached hydrogens (tertiary/aromatic N) is 3. The highest BCUT2D eigenvalue weighted by atomic mass is 15.3. The van der Waals surface area contributed by atoms with Gasteiger partial charge in [0.1, 0.15) is 32.7 Å². The maximum Gasteiger partial charge on any atom is 0.232 e. The molecule has 0 amide bonds. The predicted octanol–water partition coefficient (Wildman–Crippen LogP) is -0.882. The number of benzene rings is 1. The molecule has 2 aromatic rings. The number of piperazine rings is 1. The van der Waals surface area contributed by atoms with Crippen LogP contribution in [-0.2, 0) is 6.54 Å². The smallest absolute Gasteiger partial charge is 0.232 e. The predicted molar refractivity (Wildman–Crippen MR) is 99.1 cm³/mol. The molecule has 0 unspecified atom stereocenters. The Morgan fingerprint density at radius 1 is 1.04 bits per heavy atom. The fraction of sp³-hybridized carbons (Fsp3) is 0.500. The van der Waals surface area contributed by atoms with Crippen molar-refractivity contribution in [2.24, 2.45) is 0 Å². The molecule has 7 nitrogen and oxygen atoms in total. The number of quaternary nitrogens is 2. The van der Waals surface area contributed by atoms with Crippen molar-refractivity contribution in [2.45, 2.75) is 27.3 Å². The Morgan fingerprint density at radius 3 is 2.44 bits per heavy atom. The van der Waals surface area contributed by atoms with E-state index in [9.17, 15) is 0 Å². The van der Waals surface area contributed by atoms with Crippen molar-refractivity contribution in [2.75, 3.05) is 43.8 Å². The molecular weight excluding hydrogens is 314 g/mol. The molecule has 1 aromatic heterocycles. The lowest BCUT2D eigenvalue weighted by atomic mass is 10.1. The van der Waals surface area contributed by atoms with Gasteiger partial charge in [0.15, 0.2) is 5.82 Å². The molecule has 1 saturated heterocycles. The first-order valence-corrected chi connectivity index (χ1v) is 9.05. The largest absolute Gasteiger partial charge is 0.368 e. The zero-order chi connectivity index (χ0) is 17.8. The Kier molecular flexibility index (Phi) is 5.45. The lowest BCUT2D eigenvalue weighted by Gasteiger charge is -2.28. The van der Waals surface area contributed by atoms with Gasteiger partial charge in [-0.25, -0.2) is 0 Å².